The average molecular weight is 316 g/mol. The molecule has 2 nitrogen and oxygen atoms in total. The van der Waals surface area contributed by atoms with Gasteiger partial charge in [0.25, 0.3) is 0 Å². The van der Waals surface area contributed by atoms with Crippen molar-refractivity contribution in [1.82, 2.24) is 4.98 Å². The molecule has 0 aliphatic heterocycles. The largest absolute Gasteiger partial charge is 0.293 e. The van der Waals surface area contributed by atoms with Crippen LogP contribution in [-0.2, 0) is 6.42 Å². The van der Waals surface area contributed by atoms with Gasteiger partial charge in [-0.05, 0) is 49.1 Å². The second-order valence-electron chi connectivity index (χ2n) is 4.96. The number of nitrogens with zero attached hydrogens (tertiary/aromatic N) is 1. The fraction of sp³-hybridized carbons (Fsp3) is 0.250. The van der Waals surface area contributed by atoms with Gasteiger partial charge in [-0.1, -0.05) is 28.1 Å². The molecule has 0 radical (unpaired) electrons. The molecular formula is C16H14BrNO. The average Bonchev–Trinajstić information content (AvgIpc) is 2.82. The molecule has 19 heavy (non-hydrogen) atoms. The normalized spacial score (nSPS) is 17.3. The molecule has 0 N–H and O–H groups in total. The van der Waals surface area contributed by atoms with Crippen LogP contribution in [0.4, 0.5) is 0 Å². The predicted octanol–water partition coefficient (Wildman–Crippen LogP) is 4.07. The van der Waals surface area contributed by atoms with E-state index in [0.717, 1.165) is 34.1 Å². The predicted molar refractivity (Wildman–Crippen MR) is 78.5 cm³/mol. The van der Waals surface area contributed by atoms with Crippen LogP contribution in [0.15, 0.2) is 41.0 Å². The summed E-state index contributed by atoms with van der Waals surface area (Å²) in [7, 11) is 0. The number of rotatable bonds is 2. The van der Waals surface area contributed by atoms with Crippen LogP contribution in [0.1, 0.15) is 39.5 Å². The molecule has 1 unspecified atom stereocenters. The molecule has 0 saturated heterocycles. The van der Waals surface area contributed by atoms with Gasteiger partial charge >= 0.3 is 0 Å². The van der Waals surface area contributed by atoms with Gasteiger partial charge in [0.2, 0.25) is 0 Å². The number of Topliss-reactive ketones (excluding diaryl/α,β-unsaturated/α-hetero) is 1. The number of aromatic nitrogens is 1. The fourth-order valence-corrected chi connectivity index (χ4v) is 3.23. The first-order chi connectivity index (χ1) is 9.16. The van der Waals surface area contributed by atoms with Crippen LogP contribution < -0.4 is 0 Å². The lowest BCUT2D eigenvalue weighted by Crippen LogP contribution is -2.12. The zero-order chi connectivity index (χ0) is 13.4. The quantitative estimate of drug-likeness (QED) is 0.782. The molecule has 2 aromatic rings. The van der Waals surface area contributed by atoms with Crippen molar-refractivity contribution in [2.24, 2.45) is 0 Å². The molecule has 0 bridgehead atoms. The van der Waals surface area contributed by atoms with Crippen LogP contribution in [0.5, 0.6) is 0 Å². The van der Waals surface area contributed by atoms with Crippen molar-refractivity contribution < 1.29 is 4.79 Å². The lowest BCUT2D eigenvalue weighted by Gasteiger charge is -2.12. The van der Waals surface area contributed by atoms with Gasteiger partial charge in [-0.3, -0.25) is 9.78 Å². The van der Waals surface area contributed by atoms with Crippen LogP contribution in [0.3, 0.4) is 0 Å². The highest BCUT2D eigenvalue weighted by Crippen LogP contribution is 2.34. The standard InChI is InChI=1S/C16H14BrNO/c1-10-9-12(17)5-7-13(10)16(19)14-6-4-11-3-2-8-18-15(11)14/h2-3,5,7-9,14H,4,6H2,1H3. The number of fused-ring (bicyclic) bond motifs is 1. The molecule has 0 amide bonds. The molecule has 0 saturated carbocycles. The Morgan fingerprint density at radius 3 is 3.00 bits per heavy atom. The first-order valence-electron chi connectivity index (χ1n) is 6.41. The summed E-state index contributed by atoms with van der Waals surface area (Å²) in [6, 6.07) is 9.83. The number of benzene rings is 1. The van der Waals surface area contributed by atoms with Gasteiger partial charge in [0, 0.05) is 16.2 Å². The second kappa shape index (κ2) is 4.89. The minimum Gasteiger partial charge on any atom is -0.293 e. The van der Waals surface area contributed by atoms with E-state index < -0.39 is 0 Å². The van der Waals surface area contributed by atoms with Crippen LogP contribution in [0.2, 0.25) is 0 Å². The van der Waals surface area contributed by atoms with Gasteiger partial charge < -0.3 is 0 Å². The van der Waals surface area contributed by atoms with E-state index in [1.807, 2.05) is 31.2 Å². The summed E-state index contributed by atoms with van der Waals surface area (Å²) < 4.78 is 1.01. The molecule has 1 aliphatic rings. The molecule has 1 atom stereocenters. The van der Waals surface area contributed by atoms with Gasteiger partial charge in [0.1, 0.15) is 0 Å². The van der Waals surface area contributed by atoms with Crippen molar-refractivity contribution in [3.05, 3.63) is 63.4 Å². The molecule has 1 aromatic carbocycles. The maximum atomic E-state index is 12.7. The summed E-state index contributed by atoms with van der Waals surface area (Å²) in [4.78, 5) is 17.1. The van der Waals surface area contributed by atoms with Crippen LogP contribution in [0.25, 0.3) is 0 Å². The topological polar surface area (TPSA) is 30.0 Å². The molecule has 0 spiro atoms. The maximum Gasteiger partial charge on any atom is 0.172 e. The third-order valence-electron chi connectivity index (χ3n) is 3.73. The number of halogens is 1. The summed E-state index contributed by atoms with van der Waals surface area (Å²) in [5, 5.41) is 0. The van der Waals surface area contributed by atoms with Crippen molar-refractivity contribution in [2.75, 3.05) is 0 Å². The van der Waals surface area contributed by atoms with Crippen LogP contribution >= 0.6 is 15.9 Å². The van der Waals surface area contributed by atoms with Crippen LogP contribution in [-0.4, -0.2) is 10.8 Å². The van der Waals surface area contributed by atoms with Crippen molar-refractivity contribution in [3.8, 4) is 0 Å². The Morgan fingerprint density at radius 1 is 1.37 bits per heavy atom. The third kappa shape index (κ3) is 2.23. The molecule has 96 valence electrons. The zero-order valence-corrected chi connectivity index (χ0v) is 12.3. The number of carbonyl (C=O) groups is 1. The maximum absolute atomic E-state index is 12.7. The number of aryl methyl sites for hydroxylation is 2. The molecule has 1 heterocycles. The monoisotopic (exact) mass is 315 g/mol. The Labute approximate surface area is 121 Å². The Balaban J connectivity index is 1.98. The highest BCUT2D eigenvalue weighted by molar-refractivity contribution is 9.10. The summed E-state index contributed by atoms with van der Waals surface area (Å²) in [6.45, 7) is 1.98. The molecule has 3 rings (SSSR count). The van der Waals surface area contributed by atoms with Gasteiger partial charge in [-0.25, -0.2) is 0 Å². The van der Waals surface area contributed by atoms with Gasteiger partial charge in [0.05, 0.1) is 11.6 Å². The number of pyridine rings is 1. The highest BCUT2D eigenvalue weighted by Gasteiger charge is 2.30. The van der Waals surface area contributed by atoms with Crippen molar-refractivity contribution in [1.29, 1.82) is 0 Å². The minimum absolute atomic E-state index is 0.0731. The lowest BCUT2D eigenvalue weighted by molar-refractivity contribution is 0.0957. The second-order valence-corrected chi connectivity index (χ2v) is 5.88. The van der Waals surface area contributed by atoms with E-state index in [2.05, 4.69) is 27.0 Å². The Kier molecular flexibility index (Phi) is 3.23. The van der Waals surface area contributed by atoms with Crippen molar-refractivity contribution in [3.63, 3.8) is 0 Å². The molecule has 3 heteroatoms. The number of hydrogen-bond acceptors (Lipinski definition) is 2. The SMILES string of the molecule is Cc1cc(Br)ccc1C(=O)C1CCc2cccnc21. The molecule has 1 aromatic heterocycles. The Morgan fingerprint density at radius 2 is 2.21 bits per heavy atom. The van der Waals surface area contributed by atoms with E-state index in [4.69, 9.17) is 0 Å². The fourth-order valence-electron chi connectivity index (χ4n) is 2.76. The van der Waals surface area contributed by atoms with E-state index >= 15 is 0 Å². The number of carbonyl (C=O) groups excluding carboxylic acids is 1. The summed E-state index contributed by atoms with van der Waals surface area (Å²) in [5.74, 6) is 0.124. The lowest BCUT2D eigenvalue weighted by atomic mass is 9.93. The smallest absolute Gasteiger partial charge is 0.172 e. The molecule has 1 aliphatic carbocycles. The molecule has 0 fully saturated rings. The summed E-state index contributed by atoms with van der Waals surface area (Å²) in [6.07, 6.45) is 3.61. The first kappa shape index (κ1) is 12.5. The van der Waals surface area contributed by atoms with E-state index in [9.17, 15) is 4.79 Å². The third-order valence-corrected chi connectivity index (χ3v) is 4.22. The number of ketones is 1. The number of hydrogen-bond donors (Lipinski definition) is 0. The summed E-state index contributed by atoms with van der Waals surface area (Å²) >= 11 is 3.43. The van der Waals surface area contributed by atoms with E-state index in [-0.39, 0.29) is 11.7 Å². The zero-order valence-electron chi connectivity index (χ0n) is 10.7. The summed E-state index contributed by atoms with van der Waals surface area (Å²) in [5.41, 5.74) is 4.01. The van der Waals surface area contributed by atoms with E-state index in [0.29, 0.717) is 0 Å². The first-order valence-corrected chi connectivity index (χ1v) is 7.20. The minimum atomic E-state index is -0.0731. The van der Waals surface area contributed by atoms with E-state index in [1.54, 1.807) is 6.20 Å². The van der Waals surface area contributed by atoms with Gasteiger partial charge in [0.15, 0.2) is 5.78 Å². The Hall–Kier alpha value is -1.48. The van der Waals surface area contributed by atoms with Gasteiger partial charge in [-0.15, -0.1) is 0 Å². The van der Waals surface area contributed by atoms with Crippen molar-refractivity contribution >= 4 is 21.7 Å². The Bertz CT molecular complexity index is 651. The highest BCUT2D eigenvalue weighted by atomic mass is 79.9. The van der Waals surface area contributed by atoms with E-state index in [1.165, 1.54) is 5.56 Å². The van der Waals surface area contributed by atoms with Crippen molar-refractivity contribution in [2.45, 2.75) is 25.7 Å². The van der Waals surface area contributed by atoms with Crippen LogP contribution in [0, 0.1) is 6.92 Å². The van der Waals surface area contributed by atoms with Gasteiger partial charge in [-0.2, -0.15) is 0 Å². The molecular weight excluding hydrogens is 302 g/mol.